The number of nitrogens with one attached hydrogen (secondary N) is 2. The van der Waals surface area contributed by atoms with E-state index in [1.807, 2.05) is 12.2 Å². The van der Waals surface area contributed by atoms with Crippen LogP contribution in [0.15, 0.2) is 52.3 Å². The number of carbonyl (C=O) groups excluding carboxylic acids is 1. The normalized spacial score (nSPS) is 19.8. The summed E-state index contributed by atoms with van der Waals surface area (Å²) in [6, 6.07) is 8.67. The van der Waals surface area contributed by atoms with Crippen LogP contribution >= 0.6 is 12.4 Å². The minimum absolute atomic E-state index is 0. The second kappa shape index (κ2) is 12.4. The molecule has 10 nitrogen and oxygen atoms in total. The molecule has 3 N–H and O–H groups in total. The van der Waals surface area contributed by atoms with Gasteiger partial charge in [-0.1, -0.05) is 17.7 Å². The van der Waals surface area contributed by atoms with E-state index in [-0.39, 0.29) is 47.4 Å². The highest BCUT2D eigenvalue weighted by atomic mass is 35.5. The molecule has 0 bridgehead atoms. The van der Waals surface area contributed by atoms with Crippen LogP contribution in [0.5, 0.6) is 0 Å². The molecule has 2 aromatic heterocycles. The van der Waals surface area contributed by atoms with Crippen molar-refractivity contribution >= 4 is 39.5 Å². The number of aliphatic hydroxyl groups is 1. The van der Waals surface area contributed by atoms with Crippen molar-refractivity contribution in [2.75, 3.05) is 26.2 Å². The number of aromatic nitrogens is 2. The molecule has 1 aromatic carbocycles. The zero-order valence-electron chi connectivity index (χ0n) is 21.6. The summed E-state index contributed by atoms with van der Waals surface area (Å²) in [5.74, 6) is -2.55. The molecule has 5 rings (SSSR count). The lowest BCUT2D eigenvalue weighted by atomic mass is 9.97. The molecule has 16 heteroatoms. The molecule has 0 spiro atoms. The van der Waals surface area contributed by atoms with Gasteiger partial charge < -0.3 is 20.3 Å². The number of hydrogen-bond acceptors (Lipinski definition) is 8. The fourth-order valence-corrected chi connectivity index (χ4v) is 5.43. The molecule has 0 radical (unpaired) electrons. The average Bonchev–Trinajstić information content (AvgIpc) is 3.53. The van der Waals surface area contributed by atoms with Gasteiger partial charge in [-0.15, -0.1) is 12.4 Å². The molecular weight excluding hydrogens is 596 g/mol. The third kappa shape index (κ3) is 7.22. The second-order valence-corrected chi connectivity index (χ2v) is 11.2. The van der Waals surface area contributed by atoms with Gasteiger partial charge in [-0.05, 0) is 50.6 Å². The molecule has 0 aliphatic carbocycles. The molecule has 0 unspecified atom stereocenters. The van der Waals surface area contributed by atoms with Crippen LogP contribution < -0.4 is 16.2 Å². The van der Waals surface area contributed by atoms with Crippen molar-refractivity contribution in [3.8, 4) is 0 Å². The summed E-state index contributed by atoms with van der Waals surface area (Å²) >= 11 is 0. The fraction of sp³-hybridized carbons (Fsp3) is 0.400. The Bertz CT molecular complexity index is 1580. The molecule has 2 aliphatic heterocycles. The van der Waals surface area contributed by atoms with Crippen LogP contribution in [0.3, 0.4) is 0 Å². The monoisotopic (exact) mass is 622 g/mol. The largest absolute Gasteiger partial charge is 0.471 e. The Morgan fingerprint density at radius 1 is 1.24 bits per heavy atom. The van der Waals surface area contributed by atoms with Crippen LogP contribution in [0.4, 0.5) is 17.6 Å². The lowest BCUT2D eigenvalue weighted by Crippen LogP contribution is -2.39. The standard InChI is InChI=1S/C18H15FN2O5S.C7H11F3N2O.ClH/c1-11-2-4-12(5-3-11)27(24,25)26-10-18(23)9-21-15(22)7-6-14-17(21)16(18)13(19)8-20-14;8-7(9,10)6(13)12-4-5-1-2-11-3-5;/h2-8,23H,9-10H2,1H3;5,11H,1-4H2,(H,12,13);1H/t18-;5-;/m11./s1. The van der Waals surface area contributed by atoms with Crippen molar-refractivity contribution in [1.29, 1.82) is 0 Å². The first-order valence-corrected chi connectivity index (χ1v) is 13.5. The van der Waals surface area contributed by atoms with E-state index in [1.54, 1.807) is 12.1 Å². The summed E-state index contributed by atoms with van der Waals surface area (Å²) in [5.41, 5.74) is -1.32. The van der Waals surface area contributed by atoms with Gasteiger partial charge in [0.05, 0.1) is 34.2 Å². The van der Waals surface area contributed by atoms with Crippen molar-refractivity contribution in [1.82, 2.24) is 20.2 Å². The molecule has 3 aromatic rings. The molecule has 1 saturated heterocycles. The van der Waals surface area contributed by atoms with Gasteiger partial charge in [-0.3, -0.25) is 18.8 Å². The summed E-state index contributed by atoms with van der Waals surface area (Å²) in [6.07, 6.45) is -3.01. The van der Waals surface area contributed by atoms with Crippen LogP contribution in [0.25, 0.3) is 11.0 Å². The summed E-state index contributed by atoms with van der Waals surface area (Å²) in [6.45, 7) is 2.34. The third-order valence-electron chi connectivity index (χ3n) is 6.57. The minimum atomic E-state index is -4.76. The smallest absolute Gasteiger partial charge is 0.381 e. The third-order valence-corrected chi connectivity index (χ3v) is 7.85. The predicted molar refractivity (Wildman–Crippen MR) is 141 cm³/mol. The zero-order chi connectivity index (χ0) is 29.3. The van der Waals surface area contributed by atoms with Crippen LogP contribution in [0.2, 0.25) is 0 Å². The molecule has 1 amide bonds. The van der Waals surface area contributed by atoms with Gasteiger partial charge in [0.1, 0.15) is 18.0 Å². The molecule has 4 heterocycles. The number of rotatable bonds is 6. The Labute approximate surface area is 238 Å². The number of hydrogen-bond donors (Lipinski definition) is 3. The topological polar surface area (TPSA) is 140 Å². The van der Waals surface area contributed by atoms with Gasteiger partial charge in [-0.25, -0.2) is 4.39 Å². The summed E-state index contributed by atoms with van der Waals surface area (Å²) in [4.78, 5) is 26.3. The molecule has 1 fully saturated rings. The Balaban J connectivity index is 0.000000280. The van der Waals surface area contributed by atoms with E-state index in [4.69, 9.17) is 4.18 Å². The molecule has 2 atom stereocenters. The van der Waals surface area contributed by atoms with Gasteiger partial charge in [0, 0.05) is 12.6 Å². The van der Waals surface area contributed by atoms with Gasteiger partial charge in [0.2, 0.25) is 0 Å². The van der Waals surface area contributed by atoms with E-state index in [2.05, 4.69) is 10.3 Å². The number of nitrogens with zero attached hydrogens (tertiary/aromatic N) is 2. The lowest BCUT2D eigenvalue weighted by molar-refractivity contribution is -0.173. The summed E-state index contributed by atoms with van der Waals surface area (Å²) in [5, 5.41) is 15.8. The van der Waals surface area contributed by atoms with Gasteiger partial charge >= 0.3 is 12.1 Å². The Morgan fingerprint density at radius 3 is 2.54 bits per heavy atom. The number of pyridine rings is 2. The van der Waals surface area contributed by atoms with Crippen LogP contribution in [0.1, 0.15) is 17.5 Å². The first kappa shape index (κ1) is 32.4. The van der Waals surface area contributed by atoms with E-state index < -0.39 is 45.8 Å². The van der Waals surface area contributed by atoms with E-state index in [0.717, 1.165) is 24.7 Å². The van der Waals surface area contributed by atoms with Crippen molar-refractivity contribution in [2.24, 2.45) is 5.92 Å². The molecule has 2 aliphatic rings. The number of carbonyl (C=O) groups is 1. The quantitative estimate of drug-likeness (QED) is 0.281. The van der Waals surface area contributed by atoms with E-state index in [0.29, 0.717) is 12.1 Å². The van der Waals surface area contributed by atoms with Crippen molar-refractivity contribution in [3.63, 3.8) is 0 Å². The average molecular weight is 623 g/mol. The lowest BCUT2D eigenvalue weighted by Gasteiger charge is -2.23. The Kier molecular flexibility index (Phi) is 9.80. The SMILES string of the molecule is Cc1ccc(S(=O)(=O)OC[C@]2(O)Cn3c(=O)ccc4ncc(F)c2c43)cc1.Cl.O=C(NC[C@@H]1CCNC1)C(F)(F)F. The first-order chi connectivity index (χ1) is 18.7. The maximum absolute atomic E-state index is 14.4. The number of halogens is 5. The molecule has 224 valence electrons. The maximum atomic E-state index is 14.4. The molecular formula is C25H27ClF4N4O6S. The fourth-order valence-electron chi connectivity index (χ4n) is 4.47. The van der Waals surface area contributed by atoms with E-state index in [1.165, 1.54) is 28.8 Å². The Hall–Kier alpha value is -3.11. The van der Waals surface area contributed by atoms with Crippen LogP contribution in [-0.4, -0.2) is 61.4 Å². The summed E-state index contributed by atoms with van der Waals surface area (Å²) < 4.78 is 80.5. The van der Waals surface area contributed by atoms with Crippen molar-refractivity contribution < 1.29 is 40.1 Å². The molecule has 41 heavy (non-hydrogen) atoms. The van der Waals surface area contributed by atoms with Gasteiger partial charge in [0.15, 0.2) is 0 Å². The highest BCUT2D eigenvalue weighted by molar-refractivity contribution is 7.86. The number of alkyl halides is 3. The van der Waals surface area contributed by atoms with Gasteiger partial charge in [-0.2, -0.15) is 21.6 Å². The molecule has 0 saturated carbocycles. The van der Waals surface area contributed by atoms with E-state index in [9.17, 15) is 40.7 Å². The summed E-state index contributed by atoms with van der Waals surface area (Å²) in [7, 11) is -4.17. The number of benzene rings is 1. The highest BCUT2D eigenvalue weighted by Gasteiger charge is 2.43. The predicted octanol–water partition coefficient (Wildman–Crippen LogP) is 2.15. The first-order valence-electron chi connectivity index (χ1n) is 12.1. The van der Waals surface area contributed by atoms with Crippen molar-refractivity contribution in [3.05, 3.63) is 69.9 Å². The Morgan fingerprint density at radius 2 is 1.93 bits per heavy atom. The highest BCUT2D eigenvalue weighted by Crippen LogP contribution is 2.37. The maximum Gasteiger partial charge on any atom is 0.471 e. The van der Waals surface area contributed by atoms with Crippen molar-refractivity contribution in [2.45, 2.75) is 36.6 Å². The van der Waals surface area contributed by atoms with Crippen LogP contribution in [-0.2, 0) is 31.2 Å². The van der Waals surface area contributed by atoms with Gasteiger partial charge in [0.25, 0.3) is 15.7 Å². The second-order valence-electron chi connectivity index (χ2n) is 9.60. The number of amides is 1. The van der Waals surface area contributed by atoms with Crippen LogP contribution in [0, 0.1) is 18.7 Å². The minimum Gasteiger partial charge on any atom is -0.381 e. The zero-order valence-corrected chi connectivity index (χ0v) is 23.2. The van der Waals surface area contributed by atoms with E-state index >= 15 is 0 Å². The number of aryl methyl sites for hydroxylation is 1.